The van der Waals surface area contributed by atoms with Crippen molar-refractivity contribution in [2.75, 3.05) is 6.54 Å². The minimum Gasteiger partial charge on any atom is -0.472 e. The van der Waals surface area contributed by atoms with Crippen LogP contribution in [-0.4, -0.2) is 54.6 Å². The highest BCUT2D eigenvalue weighted by Crippen LogP contribution is 2.21. The molecule has 0 saturated carbocycles. The number of nitrogens with zero attached hydrogens (tertiary/aromatic N) is 4. The summed E-state index contributed by atoms with van der Waals surface area (Å²) in [4.78, 5) is 44.1. The van der Waals surface area contributed by atoms with Crippen molar-refractivity contribution in [1.82, 2.24) is 30.2 Å². The number of benzene rings is 1. The molecule has 10 nitrogen and oxygen atoms in total. The average Bonchev–Trinajstić information content (AvgIpc) is 3.50. The monoisotopic (exact) mass is 564 g/mol. The summed E-state index contributed by atoms with van der Waals surface area (Å²) in [6, 6.07) is 11.4. The van der Waals surface area contributed by atoms with E-state index in [1.165, 1.54) is 11.3 Å². The van der Waals surface area contributed by atoms with Gasteiger partial charge in [0.05, 0.1) is 22.6 Å². The lowest BCUT2D eigenvalue weighted by molar-refractivity contribution is 0.0231. The van der Waals surface area contributed by atoms with Crippen LogP contribution in [-0.2, 0) is 24.2 Å². The number of imidazole rings is 1. The molecule has 0 radical (unpaired) electrons. The Labute approximate surface area is 238 Å². The minimum atomic E-state index is -0.637. The molecule has 2 amide bonds. The summed E-state index contributed by atoms with van der Waals surface area (Å²) < 4.78 is 11.6. The molecule has 0 fully saturated rings. The van der Waals surface area contributed by atoms with E-state index in [4.69, 9.17) is 9.47 Å². The lowest BCUT2D eigenvalue weighted by Crippen LogP contribution is -2.38. The van der Waals surface area contributed by atoms with Crippen LogP contribution >= 0.6 is 11.3 Å². The van der Waals surface area contributed by atoms with E-state index in [0.29, 0.717) is 30.4 Å². The lowest BCUT2D eigenvalue weighted by Gasteiger charge is -2.26. The van der Waals surface area contributed by atoms with Crippen molar-refractivity contribution in [2.24, 2.45) is 0 Å². The number of carbonyl (C=O) groups excluding carboxylic acids is 2. The van der Waals surface area contributed by atoms with Gasteiger partial charge in [0, 0.05) is 36.7 Å². The van der Waals surface area contributed by atoms with Gasteiger partial charge in [-0.25, -0.2) is 19.7 Å². The summed E-state index contributed by atoms with van der Waals surface area (Å²) in [6.07, 6.45) is 1.68. The van der Waals surface area contributed by atoms with Crippen LogP contribution in [0, 0.1) is 0 Å². The molecule has 4 rings (SSSR count). The summed E-state index contributed by atoms with van der Waals surface area (Å²) in [5, 5.41) is 5.35. The van der Waals surface area contributed by atoms with Crippen LogP contribution < -0.4 is 10.1 Å². The quantitative estimate of drug-likeness (QED) is 0.275. The number of rotatable bonds is 9. The number of aromatic nitrogens is 4. The molecule has 0 aliphatic carbocycles. The van der Waals surface area contributed by atoms with Gasteiger partial charge >= 0.3 is 6.09 Å². The Morgan fingerprint density at radius 3 is 2.52 bits per heavy atom. The summed E-state index contributed by atoms with van der Waals surface area (Å²) in [5.74, 6) is 0.858. The number of amides is 2. The van der Waals surface area contributed by atoms with Crippen LogP contribution in [0.4, 0.5) is 4.79 Å². The molecular formula is C29H36N6O4S. The van der Waals surface area contributed by atoms with Gasteiger partial charge in [0.2, 0.25) is 5.88 Å². The van der Waals surface area contributed by atoms with E-state index < -0.39 is 17.3 Å². The van der Waals surface area contributed by atoms with Crippen molar-refractivity contribution in [3.8, 4) is 5.88 Å². The molecule has 40 heavy (non-hydrogen) atoms. The van der Waals surface area contributed by atoms with E-state index in [1.807, 2.05) is 71.9 Å². The van der Waals surface area contributed by atoms with Gasteiger partial charge in [-0.15, -0.1) is 11.3 Å². The molecular weight excluding hydrogens is 528 g/mol. The third-order valence-electron chi connectivity index (χ3n) is 5.50. The second-order valence-corrected chi connectivity index (χ2v) is 12.3. The number of hydrogen-bond donors (Lipinski definition) is 2. The second-order valence-electron chi connectivity index (χ2n) is 11.3. The molecule has 0 bridgehead atoms. The highest BCUT2D eigenvalue weighted by molar-refractivity contribution is 7.09. The molecule has 11 heteroatoms. The SMILES string of the molecule is CC(C)(C)OC(=O)N(CCc1nc(C(=O)NCc2cccnc2OC(C)(C)C)cs1)Cc1nc2ccccc2[nH]1. The van der Waals surface area contributed by atoms with Crippen molar-refractivity contribution in [2.45, 2.75) is 72.3 Å². The highest BCUT2D eigenvalue weighted by atomic mass is 32.1. The molecule has 3 heterocycles. The van der Waals surface area contributed by atoms with E-state index in [1.54, 1.807) is 22.5 Å². The number of carbonyl (C=O) groups is 2. The van der Waals surface area contributed by atoms with E-state index in [0.717, 1.165) is 21.6 Å². The summed E-state index contributed by atoms with van der Waals surface area (Å²) in [6.45, 7) is 12.2. The molecule has 0 aliphatic heterocycles. The molecule has 1 aromatic carbocycles. The van der Waals surface area contributed by atoms with Crippen molar-refractivity contribution in [1.29, 1.82) is 0 Å². The fourth-order valence-electron chi connectivity index (χ4n) is 3.79. The van der Waals surface area contributed by atoms with E-state index in [9.17, 15) is 9.59 Å². The fourth-order valence-corrected chi connectivity index (χ4v) is 4.56. The van der Waals surface area contributed by atoms with Gasteiger partial charge in [-0.05, 0) is 59.7 Å². The molecule has 0 aliphatic rings. The summed E-state index contributed by atoms with van der Waals surface area (Å²) in [5.41, 5.74) is 1.79. The second kappa shape index (κ2) is 12.0. The summed E-state index contributed by atoms with van der Waals surface area (Å²) >= 11 is 1.38. The van der Waals surface area contributed by atoms with Gasteiger partial charge in [0.1, 0.15) is 22.7 Å². The van der Waals surface area contributed by atoms with Gasteiger partial charge in [-0.3, -0.25) is 4.79 Å². The van der Waals surface area contributed by atoms with Crippen LogP contribution in [0.2, 0.25) is 0 Å². The third-order valence-corrected chi connectivity index (χ3v) is 6.41. The maximum Gasteiger partial charge on any atom is 0.410 e. The molecule has 3 aromatic heterocycles. The van der Waals surface area contributed by atoms with Crippen molar-refractivity contribution >= 4 is 34.4 Å². The number of pyridine rings is 1. The smallest absolute Gasteiger partial charge is 0.410 e. The van der Waals surface area contributed by atoms with E-state index >= 15 is 0 Å². The fraction of sp³-hybridized carbons (Fsp3) is 0.414. The number of thiazole rings is 1. The summed E-state index contributed by atoms with van der Waals surface area (Å²) in [7, 11) is 0. The predicted octanol–water partition coefficient (Wildman–Crippen LogP) is 5.50. The lowest BCUT2D eigenvalue weighted by atomic mass is 10.2. The number of nitrogens with one attached hydrogen (secondary N) is 2. The van der Waals surface area contributed by atoms with Crippen molar-refractivity contribution in [3.63, 3.8) is 0 Å². The van der Waals surface area contributed by atoms with Crippen LogP contribution in [0.3, 0.4) is 0 Å². The van der Waals surface area contributed by atoms with Crippen LogP contribution in [0.25, 0.3) is 11.0 Å². The Kier molecular flexibility index (Phi) is 8.73. The Balaban J connectivity index is 1.39. The highest BCUT2D eigenvalue weighted by Gasteiger charge is 2.24. The van der Waals surface area contributed by atoms with Gasteiger partial charge < -0.3 is 24.7 Å². The first-order valence-corrected chi connectivity index (χ1v) is 14.0. The first kappa shape index (κ1) is 29.0. The first-order chi connectivity index (χ1) is 18.9. The number of aromatic amines is 1. The minimum absolute atomic E-state index is 0.256. The first-order valence-electron chi connectivity index (χ1n) is 13.1. The Hall–Kier alpha value is -3.99. The van der Waals surface area contributed by atoms with Gasteiger partial charge in [-0.1, -0.05) is 18.2 Å². The van der Waals surface area contributed by atoms with E-state index in [2.05, 4.69) is 25.3 Å². The van der Waals surface area contributed by atoms with Crippen molar-refractivity contribution in [3.05, 3.63) is 70.1 Å². The van der Waals surface area contributed by atoms with Gasteiger partial charge in [0.25, 0.3) is 5.91 Å². The molecule has 0 atom stereocenters. The maximum absolute atomic E-state index is 13.0. The number of fused-ring (bicyclic) bond motifs is 1. The Morgan fingerprint density at radius 2 is 1.80 bits per heavy atom. The normalized spacial score (nSPS) is 11.8. The topological polar surface area (TPSA) is 122 Å². The molecule has 0 spiro atoms. The molecule has 212 valence electrons. The molecule has 0 saturated heterocycles. The van der Waals surface area contributed by atoms with Crippen molar-refractivity contribution < 1.29 is 19.1 Å². The van der Waals surface area contributed by atoms with Crippen LogP contribution in [0.5, 0.6) is 5.88 Å². The molecule has 4 aromatic rings. The standard InChI is InChI=1S/C29H36N6O4S/c1-28(2,3)38-26-19(10-9-14-30-26)16-31-25(36)22-18-40-24(34-22)13-15-35(27(37)39-29(4,5)6)17-23-32-20-11-7-8-12-21(20)33-23/h7-12,14,18H,13,15-17H2,1-6H3,(H,31,36)(H,32,33). The average molecular weight is 565 g/mol. The van der Waals surface area contributed by atoms with Gasteiger partial charge in [-0.2, -0.15) is 0 Å². The number of para-hydroxylation sites is 2. The van der Waals surface area contributed by atoms with E-state index in [-0.39, 0.29) is 19.0 Å². The molecule has 2 N–H and O–H groups in total. The Morgan fingerprint density at radius 1 is 1.02 bits per heavy atom. The van der Waals surface area contributed by atoms with Crippen LogP contribution in [0.1, 0.15) is 68.4 Å². The largest absolute Gasteiger partial charge is 0.472 e. The van der Waals surface area contributed by atoms with Crippen LogP contribution in [0.15, 0.2) is 48.0 Å². The zero-order valence-electron chi connectivity index (χ0n) is 23.8. The number of H-pyrrole nitrogens is 1. The number of ether oxygens (including phenoxy) is 2. The number of hydrogen-bond acceptors (Lipinski definition) is 8. The molecule has 0 unspecified atom stereocenters. The van der Waals surface area contributed by atoms with Gasteiger partial charge in [0.15, 0.2) is 0 Å². The third kappa shape index (κ3) is 8.25. The maximum atomic E-state index is 13.0. The zero-order valence-corrected chi connectivity index (χ0v) is 24.6. The zero-order chi connectivity index (χ0) is 28.9. The predicted molar refractivity (Wildman–Crippen MR) is 154 cm³/mol. The Bertz CT molecular complexity index is 1430.